The number of likely N-dealkylation sites (N-methyl/N-ethyl adjacent to an activating group) is 2. The van der Waals surface area contributed by atoms with E-state index >= 15 is 0 Å². The molecule has 0 radical (unpaired) electrons. The Labute approximate surface area is 323 Å². The van der Waals surface area contributed by atoms with Gasteiger partial charge in [-0.25, -0.2) is 19.2 Å². The smallest absolute Gasteiger partial charge is 0.408 e. The third-order valence-electron chi connectivity index (χ3n) is 8.89. The molecule has 14 heteroatoms. The lowest BCUT2D eigenvalue weighted by atomic mass is 9.98. The van der Waals surface area contributed by atoms with Gasteiger partial charge in [0.25, 0.3) is 0 Å². The molecule has 0 unspecified atom stereocenters. The molecule has 1 aliphatic carbocycles. The van der Waals surface area contributed by atoms with Crippen LogP contribution in [0, 0.1) is 5.92 Å². The standard InChI is InChI=1S/C41H54N4O10/c1-11-17-33(44(9)35(46)26(5)42-40(51)55-41(6,7)8)36(47)45(10)34(25(3)4)38(49)53-24-32(37(48)52-22-12-2)43-39(50)54-23-31-29-20-15-13-18-27(29)28-19-14-16-21-30(28)31/h11-16,18-21,25-26,31-34H,1-2,17,22-24H2,3-10H3,(H,42,51)(H,43,50)/t26-,32+,33-,34-/m0/s1. The van der Waals surface area contributed by atoms with Gasteiger partial charge in [0.1, 0.15) is 43.5 Å². The second-order valence-corrected chi connectivity index (χ2v) is 14.6. The molecule has 4 atom stereocenters. The van der Waals surface area contributed by atoms with Crippen molar-refractivity contribution in [3.8, 4) is 11.1 Å². The van der Waals surface area contributed by atoms with E-state index < -0.39 is 78.2 Å². The van der Waals surface area contributed by atoms with Crippen LogP contribution in [-0.2, 0) is 38.1 Å². The van der Waals surface area contributed by atoms with E-state index in [0.717, 1.165) is 22.3 Å². The highest BCUT2D eigenvalue weighted by Gasteiger charge is 2.39. The van der Waals surface area contributed by atoms with Gasteiger partial charge in [-0.3, -0.25) is 9.59 Å². The van der Waals surface area contributed by atoms with Gasteiger partial charge in [0.15, 0.2) is 6.04 Å². The van der Waals surface area contributed by atoms with Gasteiger partial charge in [0.2, 0.25) is 11.8 Å². The minimum absolute atomic E-state index is 0.0188. The van der Waals surface area contributed by atoms with Crippen molar-refractivity contribution in [2.24, 2.45) is 5.92 Å². The first-order valence-corrected chi connectivity index (χ1v) is 18.1. The summed E-state index contributed by atoms with van der Waals surface area (Å²) in [7, 11) is 2.81. The van der Waals surface area contributed by atoms with Gasteiger partial charge >= 0.3 is 24.1 Å². The molecule has 0 aromatic heterocycles. The Bertz CT molecular complexity index is 1690. The van der Waals surface area contributed by atoms with Crippen LogP contribution in [-0.4, -0.2) is 109 Å². The first kappa shape index (κ1) is 43.7. The monoisotopic (exact) mass is 762 g/mol. The molecule has 55 heavy (non-hydrogen) atoms. The number of rotatable bonds is 17. The molecule has 2 aromatic rings. The fraction of sp³-hybridized carbons (Fsp3) is 0.463. The number of amides is 4. The molecule has 2 N–H and O–H groups in total. The van der Waals surface area contributed by atoms with Gasteiger partial charge in [-0.15, -0.1) is 6.58 Å². The van der Waals surface area contributed by atoms with E-state index in [-0.39, 0.29) is 25.6 Å². The van der Waals surface area contributed by atoms with E-state index in [4.69, 9.17) is 18.9 Å². The number of alkyl carbamates (subject to hydrolysis) is 2. The van der Waals surface area contributed by atoms with Crippen LogP contribution in [0.1, 0.15) is 65.0 Å². The Morgan fingerprint density at radius 3 is 1.87 bits per heavy atom. The zero-order chi connectivity index (χ0) is 41.0. The summed E-state index contributed by atoms with van der Waals surface area (Å²) < 4.78 is 21.5. The molecule has 3 rings (SSSR count). The normalized spacial score (nSPS) is 14.1. The van der Waals surface area contributed by atoms with Crippen molar-refractivity contribution >= 4 is 35.9 Å². The predicted molar refractivity (Wildman–Crippen MR) is 206 cm³/mol. The van der Waals surface area contributed by atoms with Crippen LogP contribution in [0.4, 0.5) is 9.59 Å². The van der Waals surface area contributed by atoms with Gasteiger partial charge in [0, 0.05) is 20.0 Å². The second kappa shape index (κ2) is 19.6. The van der Waals surface area contributed by atoms with Crippen molar-refractivity contribution in [2.75, 3.05) is 33.9 Å². The third kappa shape index (κ3) is 11.7. The number of esters is 2. The largest absolute Gasteiger partial charge is 0.461 e. The molecule has 1 aliphatic rings. The molecule has 2 aromatic carbocycles. The number of nitrogens with one attached hydrogen (secondary N) is 2. The van der Waals surface area contributed by atoms with E-state index in [0.29, 0.717) is 0 Å². The Morgan fingerprint density at radius 2 is 1.35 bits per heavy atom. The lowest BCUT2D eigenvalue weighted by Crippen LogP contribution is -2.57. The summed E-state index contributed by atoms with van der Waals surface area (Å²) in [6.45, 7) is 16.4. The number of fused-ring (bicyclic) bond motifs is 3. The maximum atomic E-state index is 13.9. The van der Waals surface area contributed by atoms with Crippen LogP contribution in [0.3, 0.4) is 0 Å². The number of hydrogen-bond acceptors (Lipinski definition) is 10. The van der Waals surface area contributed by atoms with Gasteiger partial charge in [-0.2, -0.15) is 0 Å². The first-order valence-electron chi connectivity index (χ1n) is 18.1. The summed E-state index contributed by atoms with van der Waals surface area (Å²) in [6.07, 6.45) is 1.11. The third-order valence-corrected chi connectivity index (χ3v) is 8.89. The van der Waals surface area contributed by atoms with Crippen molar-refractivity contribution in [3.63, 3.8) is 0 Å². The van der Waals surface area contributed by atoms with Gasteiger partial charge in [0.05, 0.1) is 0 Å². The molecule has 0 spiro atoms. The minimum Gasteiger partial charge on any atom is -0.461 e. The van der Waals surface area contributed by atoms with E-state index in [9.17, 15) is 28.8 Å². The van der Waals surface area contributed by atoms with Crippen LogP contribution < -0.4 is 10.6 Å². The molecule has 0 saturated carbocycles. The van der Waals surface area contributed by atoms with Gasteiger partial charge in [-0.1, -0.05) is 81.1 Å². The molecule has 0 aliphatic heterocycles. The molecular weight excluding hydrogens is 708 g/mol. The number of carbonyl (C=O) groups is 6. The van der Waals surface area contributed by atoms with Crippen LogP contribution in [0.5, 0.6) is 0 Å². The summed E-state index contributed by atoms with van der Waals surface area (Å²) in [5.41, 5.74) is 3.32. The molecule has 298 valence electrons. The van der Waals surface area contributed by atoms with Crippen molar-refractivity contribution in [3.05, 3.63) is 85.0 Å². The number of nitrogens with zero attached hydrogens (tertiary/aromatic N) is 2. The van der Waals surface area contributed by atoms with Gasteiger partial charge in [-0.05, 0) is 62.3 Å². The van der Waals surface area contributed by atoms with Crippen LogP contribution in [0.15, 0.2) is 73.8 Å². The number of ether oxygens (including phenoxy) is 4. The lowest BCUT2D eigenvalue weighted by molar-refractivity contribution is -0.161. The quantitative estimate of drug-likeness (QED) is 0.128. The lowest BCUT2D eigenvalue weighted by Gasteiger charge is -2.36. The summed E-state index contributed by atoms with van der Waals surface area (Å²) in [5, 5.41) is 4.92. The predicted octanol–water partition coefficient (Wildman–Crippen LogP) is 4.97. The van der Waals surface area contributed by atoms with Crippen LogP contribution >= 0.6 is 0 Å². The molecule has 4 amide bonds. The second-order valence-electron chi connectivity index (χ2n) is 14.6. The van der Waals surface area contributed by atoms with Crippen LogP contribution in [0.25, 0.3) is 11.1 Å². The van der Waals surface area contributed by atoms with E-state index in [1.54, 1.807) is 34.6 Å². The van der Waals surface area contributed by atoms with Crippen LogP contribution in [0.2, 0.25) is 0 Å². The summed E-state index contributed by atoms with van der Waals surface area (Å²) in [6, 6.07) is 10.9. The minimum atomic E-state index is -1.45. The zero-order valence-electron chi connectivity index (χ0n) is 33.0. The van der Waals surface area contributed by atoms with Crippen molar-refractivity contribution in [2.45, 2.75) is 83.6 Å². The zero-order valence-corrected chi connectivity index (χ0v) is 33.0. The molecule has 14 nitrogen and oxygen atoms in total. The average molecular weight is 763 g/mol. The fourth-order valence-corrected chi connectivity index (χ4v) is 6.28. The number of hydrogen-bond donors (Lipinski definition) is 2. The maximum absolute atomic E-state index is 13.9. The Hall–Kier alpha value is -5.66. The molecule has 0 bridgehead atoms. The Morgan fingerprint density at radius 1 is 0.764 bits per heavy atom. The Kier molecular flexibility index (Phi) is 15.6. The highest BCUT2D eigenvalue weighted by Crippen LogP contribution is 2.44. The highest BCUT2D eigenvalue weighted by atomic mass is 16.6. The van der Waals surface area contributed by atoms with E-state index in [2.05, 4.69) is 23.8 Å². The first-order chi connectivity index (χ1) is 25.9. The van der Waals surface area contributed by atoms with E-state index in [1.807, 2.05) is 48.5 Å². The summed E-state index contributed by atoms with van der Waals surface area (Å²) in [5.74, 6) is -3.66. The molecule has 0 fully saturated rings. The average Bonchev–Trinajstić information content (AvgIpc) is 3.45. The number of carbonyl (C=O) groups excluding carboxylic acids is 6. The van der Waals surface area contributed by atoms with Crippen molar-refractivity contribution in [1.29, 1.82) is 0 Å². The topological polar surface area (TPSA) is 170 Å². The molecular formula is C41H54N4O10. The molecule has 0 saturated heterocycles. The fourth-order valence-electron chi connectivity index (χ4n) is 6.28. The van der Waals surface area contributed by atoms with E-state index in [1.165, 1.54) is 43.0 Å². The van der Waals surface area contributed by atoms with Crippen molar-refractivity contribution in [1.82, 2.24) is 20.4 Å². The van der Waals surface area contributed by atoms with Crippen molar-refractivity contribution < 1.29 is 47.7 Å². The highest BCUT2D eigenvalue weighted by molar-refractivity contribution is 5.93. The van der Waals surface area contributed by atoms with Gasteiger partial charge < -0.3 is 39.4 Å². The Balaban J connectivity index is 1.70. The molecule has 0 heterocycles. The maximum Gasteiger partial charge on any atom is 0.408 e. The number of benzene rings is 2. The summed E-state index contributed by atoms with van der Waals surface area (Å²) in [4.78, 5) is 81.6. The summed E-state index contributed by atoms with van der Waals surface area (Å²) >= 11 is 0. The SMILES string of the molecule is C=CCOC(=O)[C@@H](COC(=O)[C@H](C(C)C)N(C)C(=O)[C@H](CC=C)N(C)C(=O)[C@H](C)NC(=O)OC(C)(C)C)NC(=O)OCC1c2ccccc2-c2ccccc21.